The van der Waals surface area contributed by atoms with Crippen molar-refractivity contribution in [3.05, 3.63) is 71.3 Å². The number of nitrogens with zero attached hydrogens (tertiary/aromatic N) is 4. The Hall–Kier alpha value is -2.06. The molecule has 4 rings (SSSR count). The van der Waals surface area contributed by atoms with Gasteiger partial charge in [0.15, 0.2) is 5.13 Å². The first kappa shape index (κ1) is 25.6. The topological polar surface area (TPSA) is 51.0 Å². The third-order valence-electron chi connectivity index (χ3n) is 5.16. The first-order valence-corrected chi connectivity index (χ1v) is 12.8. The molecule has 0 radical (unpaired) electrons. The lowest BCUT2D eigenvalue weighted by atomic mass is 10.1. The number of thiazole rings is 1. The number of fused-ring (bicyclic) bond motifs is 1. The molecule has 9 heteroatoms. The van der Waals surface area contributed by atoms with Crippen molar-refractivity contribution < 1.29 is 4.79 Å². The second kappa shape index (κ2) is 11.9. The number of carbonyl (C=O) groups is 1. The van der Waals surface area contributed by atoms with Gasteiger partial charge in [0, 0.05) is 30.4 Å². The first-order valence-electron chi connectivity index (χ1n) is 10.6. The minimum Gasteiger partial charge on any atom is -0.337 e. The molecule has 2 aromatic carbocycles. The number of aryl methyl sites for hydroxylation is 2. The van der Waals surface area contributed by atoms with Crippen LogP contribution in [0.15, 0.2) is 60.0 Å². The van der Waals surface area contributed by atoms with Gasteiger partial charge in [0.2, 0.25) is 5.91 Å². The number of rotatable bonds is 9. The van der Waals surface area contributed by atoms with Gasteiger partial charge in [-0.15, -0.1) is 24.2 Å². The highest BCUT2D eigenvalue weighted by Crippen LogP contribution is 2.36. The fourth-order valence-corrected chi connectivity index (χ4v) is 5.53. The lowest BCUT2D eigenvalue weighted by Crippen LogP contribution is -2.33. The second-order valence-corrected chi connectivity index (χ2v) is 10.2. The van der Waals surface area contributed by atoms with E-state index >= 15 is 0 Å². The molecule has 174 valence electrons. The molecule has 2 aromatic heterocycles. The number of hydrogen-bond donors (Lipinski definition) is 0. The summed E-state index contributed by atoms with van der Waals surface area (Å²) in [4.78, 5) is 25.3. The van der Waals surface area contributed by atoms with Crippen molar-refractivity contribution in [1.82, 2.24) is 14.5 Å². The number of anilines is 1. The van der Waals surface area contributed by atoms with Crippen LogP contribution in [0.4, 0.5) is 5.13 Å². The molecule has 0 aliphatic rings. The second-order valence-electron chi connectivity index (χ2n) is 7.49. The van der Waals surface area contributed by atoms with Crippen molar-refractivity contribution in [3.8, 4) is 0 Å². The Morgan fingerprint density at radius 3 is 2.67 bits per heavy atom. The highest BCUT2D eigenvalue weighted by atomic mass is 35.5. The molecule has 0 aliphatic heterocycles. The maximum atomic E-state index is 13.4. The van der Waals surface area contributed by atoms with Crippen LogP contribution < -0.4 is 4.90 Å². The van der Waals surface area contributed by atoms with Crippen LogP contribution in [0, 0.1) is 6.92 Å². The van der Waals surface area contributed by atoms with Crippen LogP contribution in [0.3, 0.4) is 0 Å². The van der Waals surface area contributed by atoms with Crippen LogP contribution in [0.25, 0.3) is 10.2 Å². The molecule has 0 bridgehead atoms. The van der Waals surface area contributed by atoms with Crippen molar-refractivity contribution in [3.63, 3.8) is 0 Å². The van der Waals surface area contributed by atoms with Gasteiger partial charge in [-0.1, -0.05) is 48.1 Å². The van der Waals surface area contributed by atoms with Crippen LogP contribution in [-0.2, 0) is 17.8 Å². The van der Waals surface area contributed by atoms with Gasteiger partial charge in [-0.2, -0.15) is 0 Å². The zero-order valence-corrected chi connectivity index (χ0v) is 21.7. The Balaban J connectivity index is 0.00000306. The van der Waals surface area contributed by atoms with E-state index in [0.29, 0.717) is 23.1 Å². The Morgan fingerprint density at radius 2 is 2.00 bits per heavy atom. The smallest absolute Gasteiger partial charge is 0.233 e. The maximum absolute atomic E-state index is 13.4. The van der Waals surface area contributed by atoms with Gasteiger partial charge in [0.05, 0.1) is 28.0 Å². The van der Waals surface area contributed by atoms with E-state index in [1.165, 1.54) is 16.2 Å². The molecular formula is C24H26Cl2N4OS2. The number of aromatic nitrogens is 3. The Bertz CT molecular complexity index is 1150. The third-order valence-corrected chi connectivity index (χ3v) is 7.60. The van der Waals surface area contributed by atoms with Crippen molar-refractivity contribution in [1.29, 1.82) is 0 Å². The maximum Gasteiger partial charge on any atom is 0.233 e. The molecule has 0 spiro atoms. The van der Waals surface area contributed by atoms with E-state index in [2.05, 4.69) is 24.0 Å². The lowest BCUT2D eigenvalue weighted by Gasteiger charge is -2.20. The molecule has 0 unspecified atom stereocenters. The van der Waals surface area contributed by atoms with E-state index in [9.17, 15) is 4.79 Å². The fourth-order valence-electron chi connectivity index (χ4n) is 3.50. The molecule has 5 nitrogen and oxygen atoms in total. The van der Waals surface area contributed by atoms with E-state index in [-0.39, 0.29) is 18.3 Å². The lowest BCUT2D eigenvalue weighted by molar-refractivity contribution is -0.118. The molecule has 0 saturated carbocycles. The molecule has 1 amide bonds. The van der Waals surface area contributed by atoms with Crippen molar-refractivity contribution >= 4 is 68.4 Å². The highest BCUT2D eigenvalue weighted by Gasteiger charge is 2.21. The summed E-state index contributed by atoms with van der Waals surface area (Å²) in [6, 6.07) is 12.1. The predicted octanol–water partition coefficient (Wildman–Crippen LogP) is 6.65. The van der Waals surface area contributed by atoms with Crippen LogP contribution in [0.2, 0.25) is 5.02 Å². The Labute approximate surface area is 213 Å². The van der Waals surface area contributed by atoms with Gasteiger partial charge in [-0.05, 0) is 48.4 Å². The zero-order chi connectivity index (χ0) is 22.5. The molecule has 2 heterocycles. The average molecular weight is 522 g/mol. The summed E-state index contributed by atoms with van der Waals surface area (Å²) < 4.78 is 2.95. The number of halogens is 2. The number of amides is 1. The molecule has 0 N–H and O–H groups in total. The van der Waals surface area contributed by atoms with Gasteiger partial charge in [0.1, 0.15) is 0 Å². The average Bonchev–Trinajstić information content (AvgIpc) is 3.46. The molecule has 4 aromatic rings. The van der Waals surface area contributed by atoms with Crippen LogP contribution in [0.5, 0.6) is 0 Å². The van der Waals surface area contributed by atoms with E-state index in [1.807, 2.05) is 46.9 Å². The Morgan fingerprint density at radius 1 is 1.21 bits per heavy atom. The Kier molecular flexibility index (Phi) is 9.20. The fraction of sp³-hybridized carbons (Fsp3) is 0.292. The first-order chi connectivity index (χ1) is 15.5. The summed E-state index contributed by atoms with van der Waals surface area (Å²) in [6.45, 7) is 5.52. The summed E-state index contributed by atoms with van der Waals surface area (Å²) in [5.74, 6) is 1.07. The number of imidazole rings is 1. The van der Waals surface area contributed by atoms with Gasteiger partial charge in [-0.25, -0.2) is 9.97 Å². The molecule has 0 atom stereocenters. The van der Waals surface area contributed by atoms with Crippen molar-refractivity contribution in [2.24, 2.45) is 0 Å². The zero-order valence-electron chi connectivity index (χ0n) is 18.5. The number of benzene rings is 2. The van der Waals surface area contributed by atoms with Gasteiger partial charge < -0.3 is 4.57 Å². The summed E-state index contributed by atoms with van der Waals surface area (Å²) in [7, 11) is 0. The van der Waals surface area contributed by atoms with Gasteiger partial charge in [-0.3, -0.25) is 9.69 Å². The van der Waals surface area contributed by atoms with E-state index in [4.69, 9.17) is 16.6 Å². The van der Waals surface area contributed by atoms with E-state index in [1.54, 1.807) is 24.3 Å². The van der Waals surface area contributed by atoms with Crippen LogP contribution >= 0.6 is 47.1 Å². The molecule has 0 aliphatic carbocycles. The summed E-state index contributed by atoms with van der Waals surface area (Å²) in [6.07, 6.45) is 6.63. The quantitative estimate of drug-likeness (QED) is 0.231. The number of carbonyl (C=O) groups excluding carboxylic acids is 1. The van der Waals surface area contributed by atoms with Crippen molar-refractivity contribution in [2.45, 2.75) is 38.1 Å². The molecule has 33 heavy (non-hydrogen) atoms. The SMILES string of the molecule is CCSc1ccc(CC(=O)N(CCCn2ccnc2)c2nc3c(C)ccc(Cl)c3s2)cc1.Cl. The molecule has 0 saturated heterocycles. The molecule has 0 fully saturated rings. The van der Waals surface area contributed by atoms with Crippen LogP contribution in [0.1, 0.15) is 24.5 Å². The van der Waals surface area contributed by atoms with Crippen molar-refractivity contribution in [2.75, 3.05) is 17.2 Å². The summed E-state index contributed by atoms with van der Waals surface area (Å²) >= 11 is 9.70. The van der Waals surface area contributed by atoms with E-state index in [0.717, 1.165) is 40.1 Å². The largest absolute Gasteiger partial charge is 0.337 e. The monoisotopic (exact) mass is 520 g/mol. The minimum atomic E-state index is 0. The predicted molar refractivity (Wildman–Crippen MR) is 142 cm³/mol. The minimum absolute atomic E-state index is 0. The summed E-state index contributed by atoms with van der Waals surface area (Å²) in [5, 5.41) is 1.37. The highest BCUT2D eigenvalue weighted by molar-refractivity contribution is 7.99. The molecular weight excluding hydrogens is 495 g/mol. The number of thioether (sulfide) groups is 1. The standard InChI is InChI=1S/C24H25ClN4OS2.ClH/c1-3-31-19-8-6-18(7-9-19)15-21(30)29(13-4-12-28-14-11-26-16-28)24-27-22-17(2)5-10-20(25)23(22)32-24;/h5-11,14,16H,3-4,12-13,15H2,1-2H3;1H. The third kappa shape index (κ3) is 6.29. The summed E-state index contributed by atoms with van der Waals surface area (Å²) in [5.41, 5.74) is 2.93. The normalized spacial score (nSPS) is 10.9. The number of hydrogen-bond acceptors (Lipinski definition) is 5. The van der Waals surface area contributed by atoms with Crippen LogP contribution in [-0.4, -0.2) is 32.7 Å². The van der Waals surface area contributed by atoms with Gasteiger partial charge in [0.25, 0.3) is 0 Å². The van der Waals surface area contributed by atoms with E-state index < -0.39 is 0 Å². The van der Waals surface area contributed by atoms with Gasteiger partial charge >= 0.3 is 0 Å².